The van der Waals surface area contributed by atoms with E-state index in [1.165, 1.54) is 25.3 Å². The van der Waals surface area contributed by atoms with Crippen LogP contribution in [-0.4, -0.2) is 28.0 Å². The van der Waals surface area contributed by atoms with Crippen molar-refractivity contribution in [3.63, 3.8) is 0 Å². The molecule has 26 heavy (non-hydrogen) atoms. The average Bonchev–Trinajstić information content (AvgIpc) is 2.61. The number of hydrogen-bond donors (Lipinski definition) is 2. The van der Waals surface area contributed by atoms with Crippen molar-refractivity contribution >= 4 is 15.9 Å². The van der Waals surface area contributed by atoms with Crippen LogP contribution in [0.4, 0.5) is 4.39 Å². The Morgan fingerprint density at radius 3 is 2.35 bits per heavy atom. The first kappa shape index (κ1) is 19.9. The van der Waals surface area contributed by atoms with Crippen molar-refractivity contribution in [2.45, 2.75) is 25.3 Å². The van der Waals surface area contributed by atoms with Gasteiger partial charge in [-0.05, 0) is 54.8 Å². The van der Waals surface area contributed by atoms with Crippen LogP contribution in [0.25, 0.3) is 0 Å². The predicted molar refractivity (Wildman–Crippen MR) is 95.9 cm³/mol. The van der Waals surface area contributed by atoms with E-state index in [1.807, 2.05) is 6.92 Å². The lowest BCUT2D eigenvalue weighted by atomic mass is 10.1. The molecule has 0 bridgehead atoms. The fourth-order valence-electron chi connectivity index (χ4n) is 2.24. The molecular weight excluding hydrogens is 359 g/mol. The van der Waals surface area contributed by atoms with Crippen LogP contribution < -0.4 is 14.8 Å². The fraction of sp³-hybridized carbons (Fsp3) is 0.278. The quantitative estimate of drug-likeness (QED) is 0.770. The number of benzene rings is 2. The van der Waals surface area contributed by atoms with E-state index in [9.17, 15) is 17.6 Å². The third-order valence-corrected chi connectivity index (χ3v) is 5.32. The summed E-state index contributed by atoms with van der Waals surface area (Å²) in [4.78, 5) is 11.9. The van der Waals surface area contributed by atoms with Crippen molar-refractivity contribution in [2.75, 3.05) is 13.7 Å². The smallest absolute Gasteiger partial charge is 0.244 e. The molecule has 8 heteroatoms. The molecule has 0 saturated carbocycles. The lowest BCUT2D eigenvalue weighted by Crippen LogP contribution is -2.36. The fourth-order valence-corrected chi connectivity index (χ4v) is 3.45. The second kappa shape index (κ2) is 8.29. The van der Waals surface area contributed by atoms with Crippen LogP contribution in [0.1, 0.15) is 16.7 Å². The molecule has 0 fully saturated rings. The van der Waals surface area contributed by atoms with Gasteiger partial charge in [-0.1, -0.05) is 12.1 Å². The number of carbonyl (C=O) groups is 1. The van der Waals surface area contributed by atoms with Crippen molar-refractivity contribution < 1.29 is 22.3 Å². The van der Waals surface area contributed by atoms with Gasteiger partial charge < -0.3 is 10.1 Å². The Bertz CT molecular complexity index is 896. The Morgan fingerprint density at radius 2 is 1.73 bits per heavy atom. The number of halogens is 1. The van der Waals surface area contributed by atoms with E-state index in [0.29, 0.717) is 5.56 Å². The maximum absolute atomic E-state index is 12.8. The molecule has 2 aromatic carbocycles. The van der Waals surface area contributed by atoms with Crippen molar-refractivity contribution in [3.05, 3.63) is 58.9 Å². The van der Waals surface area contributed by atoms with Crippen LogP contribution in [-0.2, 0) is 21.4 Å². The van der Waals surface area contributed by atoms with Gasteiger partial charge in [0.25, 0.3) is 0 Å². The normalized spacial score (nSPS) is 11.2. The first-order chi connectivity index (χ1) is 12.2. The summed E-state index contributed by atoms with van der Waals surface area (Å²) in [5, 5.41) is 2.57. The van der Waals surface area contributed by atoms with Crippen LogP contribution >= 0.6 is 0 Å². The van der Waals surface area contributed by atoms with Crippen LogP contribution in [0.3, 0.4) is 0 Å². The zero-order chi connectivity index (χ0) is 19.3. The van der Waals surface area contributed by atoms with Gasteiger partial charge in [-0.25, -0.2) is 17.5 Å². The summed E-state index contributed by atoms with van der Waals surface area (Å²) in [7, 11) is -2.52. The first-order valence-electron chi connectivity index (χ1n) is 7.89. The van der Waals surface area contributed by atoms with E-state index in [4.69, 9.17) is 4.74 Å². The van der Waals surface area contributed by atoms with Gasteiger partial charge in [-0.2, -0.15) is 0 Å². The third kappa shape index (κ3) is 5.03. The molecule has 0 unspecified atom stereocenters. The molecule has 0 aromatic heterocycles. The summed E-state index contributed by atoms with van der Waals surface area (Å²) in [6.45, 7) is 3.40. The highest BCUT2D eigenvalue weighted by Gasteiger charge is 2.21. The van der Waals surface area contributed by atoms with Crippen LogP contribution in [0, 0.1) is 19.7 Å². The van der Waals surface area contributed by atoms with E-state index >= 15 is 0 Å². The molecule has 0 heterocycles. The van der Waals surface area contributed by atoms with Gasteiger partial charge >= 0.3 is 0 Å². The summed E-state index contributed by atoms with van der Waals surface area (Å²) >= 11 is 0. The summed E-state index contributed by atoms with van der Waals surface area (Å²) in [5.74, 6) is -0.650. The molecule has 0 aliphatic rings. The lowest BCUT2D eigenvalue weighted by Gasteiger charge is -2.13. The van der Waals surface area contributed by atoms with Crippen molar-refractivity contribution in [2.24, 2.45) is 0 Å². The molecule has 2 N–H and O–H groups in total. The lowest BCUT2D eigenvalue weighted by molar-refractivity contribution is -0.120. The summed E-state index contributed by atoms with van der Waals surface area (Å²) < 4.78 is 45.2. The highest BCUT2D eigenvalue weighted by molar-refractivity contribution is 7.89. The Hall–Kier alpha value is -2.45. The van der Waals surface area contributed by atoms with Crippen molar-refractivity contribution in [3.8, 4) is 5.75 Å². The zero-order valence-corrected chi connectivity index (χ0v) is 15.6. The molecular formula is C18H21FN2O4S. The second-order valence-electron chi connectivity index (χ2n) is 5.82. The molecule has 2 rings (SSSR count). The van der Waals surface area contributed by atoms with E-state index < -0.39 is 22.5 Å². The standard InChI is InChI=1S/C18H21FN2O4S/c1-12-8-16(25-3)17(9-13(12)2)26(23,24)21-11-18(22)20-10-14-4-6-15(19)7-5-14/h4-9,21H,10-11H2,1-3H3,(H,20,22). The topological polar surface area (TPSA) is 84.5 Å². The number of sulfonamides is 1. The SMILES string of the molecule is COc1cc(C)c(C)cc1S(=O)(=O)NCC(=O)NCc1ccc(F)cc1. The minimum absolute atomic E-state index is 0.0190. The Kier molecular flexibility index (Phi) is 6.33. The highest BCUT2D eigenvalue weighted by Crippen LogP contribution is 2.27. The average molecular weight is 380 g/mol. The number of amides is 1. The van der Waals surface area contributed by atoms with Gasteiger partial charge in [-0.15, -0.1) is 0 Å². The molecule has 0 atom stereocenters. The zero-order valence-electron chi connectivity index (χ0n) is 14.8. The third-order valence-electron chi connectivity index (χ3n) is 3.90. The molecule has 0 saturated heterocycles. The molecule has 2 aromatic rings. The van der Waals surface area contributed by atoms with E-state index in [-0.39, 0.29) is 23.0 Å². The van der Waals surface area contributed by atoms with Crippen molar-refractivity contribution in [1.29, 1.82) is 0 Å². The van der Waals surface area contributed by atoms with Crippen LogP contribution in [0.15, 0.2) is 41.3 Å². The van der Waals surface area contributed by atoms with Crippen LogP contribution in [0.5, 0.6) is 5.75 Å². The summed E-state index contributed by atoms with van der Waals surface area (Å²) in [6, 6.07) is 8.80. The largest absolute Gasteiger partial charge is 0.495 e. The minimum atomic E-state index is -3.91. The predicted octanol–water partition coefficient (Wildman–Crippen LogP) is 2.05. The summed E-state index contributed by atoms with van der Waals surface area (Å²) in [5.41, 5.74) is 2.41. The Labute approximate surface area is 152 Å². The molecule has 0 aliphatic heterocycles. The van der Waals surface area contributed by atoms with Gasteiger partial charge in [0.2, 0.25) is 15.9 Å². The van der Waals surface area contributed by atoms with Gasteiger partial charge in [0.05, 0.1) is 13.7 Å². The van der Waals surface area contributed by atoms with E-state index in [1.54, 1.807) is 25.1 Å². The maximum atomic E-state index is 12.8. The maximum Gasteiger partial charge on any atom is 0.244 e. The minimum Gasteiger partial charge on any atom is -0.495 e. The van der Waals surface area contributed by atoms with Crippen molar-refractivity contribution in [1.82, 2.24) is 10.0 Å². The number of methoxy groups -OCH3 is 1. The van der Waals surface area contributed by atoms with E-state index in [0.717, 1.165) is 11.1 Å². The second-order valence-corrected chi connectivity index (χ2v) is 7.55. The number of rotatable bonds is 7. The monoisotopic (exact) mass is 380 g/mol. The number of ether oxygens (including phenoxy) is 1. The number of hydrogen-bond acceptors (Lipinski definition) is 4. The molecule has 0 aliphatic carbocycles. The molecule has 1 amide bonds. The Balaban J connectivity index is 2.00. The van der Waals surface area contributed by atoms with Gasteiger partial charge in [0, 0.05) is 6.54 Å². The molecule has 6 nitrogen and oxygen atoms in total. The number of nitrogens with one attached hydrogen (secondary N) is 2. The number of aryl methyl sites for hydroxylation is 2. The van der Waals surface area contributed by atoms with Gasteiger partial charge in [-0.3, -0.25) is 4.79 Å². The van der Waals surface area contributed by atoms with Crippen LogP contribution in [0.2, 0.25) is 0 Å². The molecule has 0 spiro atoms. The molecule has 0 radical (unpaired) electrons. The number of carbonyl (C=O) groups excluding carboxylic acids is 1. The molecule has 140 valence electrons. The first-order valence-corrected chi connectivity index (χ1v) is 9.37. The van der Waals surface area contributed by atoms with Gasteiger partial charge in [0.1, 0.15) is 16.5 Å². The van der Waals surface area contributed by atoms with E-state index in [2.05, 4.69) is 10.0 Å². The Morgan fingerprint density at radius 1 is 1.12 bits per heavy atom. The highest BCUT2D eigenvalue weighted by atomic mass is 32.2. The van der Waals surface area contributed by atoms with Gasteiger partial charge in [0.15, 0.2) is 0 Å². The summed E-state index contributed by atoms with van der Waals surface area (Å²) in [6.07, 6.45) is 0.